The molecule has 1 saturated heterocycles. The van der Waals surface area contributed by atoms with Gasteiger partial charge in [0.1, 0.15) is 4.21 Å². The van der Waals surface area contributed by atoms with Gasteiger partial charge in [-0.3, -0.25) is 0 Å². The summed E-state index contributed by atoms with van der Waals surface area (Å²) in [6.45, 7) is 3.50. The van der Waals surface area contributed by atoms with Crippen LogP contribution < -0.4 is 5.32 Å². The average molecular weight is 309 g/mol. The second-order valence-corrected chi connectivity index (χ2v) is 8.42. The molecule has 0 bridgehead atoms. The summed E-state index contributed by atoms with van der Waals surface area (Å²) in [4.78, 5) is 0. The molecule has 2 heterocycles. The number of hydrogen-bond donors (Lipinski definition) is 1. The molecule has 0 amide bonds. The van der Waals surface area contributed by atoms with E-state index < -0.39 is 10.0 Å². The summed E-state index contributed by atoms with van der Waals surface area (Å²) in [6, 6.07) is 1.68. The van der Waals surface area contributed by atoms with E-state index in [2.05, 4.69) is 5.32 Å². The van der Waals surface area contributed by atoms with Gasteiger partial charge in [-0.1, -0.05) is 11.6 Å². The molecule has 1 aromatic rings. The van der Waals surface area contributed by atoms with Crippen LogP contribution in [0.1, 0.15) is 18.4 Å². The van der Waals surface area contributed by atoms with Crippen molar-refractivity contribution in [2.75, 3.05) is 20.1 Å². The van der Waals surface area contributed by atoms with Crippen molar-refractivity contribution in [3.05, 3.63) is 16.0 Å². The lowest BCUT2D eigenvalue weighted by molar-refractivity contribution is 0.300. The standard InChI is InChI=1S/C11H17ClN2O2S2/c1-8-6-10(17-11(8)12)18(15,16)14(2)9-4-3-5-13-7-9/h6,9,13H,3-5,7H2,1-2H3. The molecule has 1 atom stereocenters. The molecular weight excluding hydrogens is 292 g/mol. The van der Waals surface area contributed by atoms with E-state index in [0.717, 1.165) is 36.3 Å². The highest BCUT2D eigenvalue weighted by atomic mass is 35.5. The molecule has 1 aliphatic rings. The summed E-state index contributed by atoms with van der Waals surface area (Å²) in [5.41, 5.74) is 0.815. The summed E-state index contributed by atoms with van der Waals surface area (Å²) >= 11 is 7.08. The minimum absolute atomic E-state index is 0.0323. The number of nitrogens with zero attached hydrogens (tertiary/aromatic N) is 1. The number of sulfonamides is 1. The Morgan fingerprint density at radius 3 is 2.78 bits per heavy atom. The molecule has 1 N–H and O–H groups in total. The van der Waals surface area contributed by atoms with E-state index in [1.807, 2.05) is 6.92 Å². The number of thiophene rings is 1. The summed E-state index contributed by atoms with van der Waals surface area (Å²) in [5, 5.41) is 3.23. The van der Waals surface area contributed by atoms with E-state index in [-0.39, 0.29) is 6.04 Å². The second kappa shape index (κ2) is 5.46. The van der Waals surface area contributed by atoms with E-state index in [0.29, 0.717) is 15.1 Å². The molecule has 102 valence electrons. The first-order valence-electron chi connectivity index (χ1n) is 5.87. The highest BCUT2D eigenvalue weighted by Gasteiger charge is 2.30. The van der Waals surface area contributed by atoms with Gasteiger partial charge in [0, 0.05) is 19.6 Å². The van der Waals surface area contributed by atoms with Gasteiger partial charge in [0.25, 0.3) is 10.0 Å². The van der Waals surface area contributed by atoms with Crippen molar-refractivity contribution in [1.29, 1.82) is 0 Å². The molecule has 4 nitrogen and oxygen atoms in total. The first-order chi connectivity index (χ1) is 8.43. The molecule has 1 aliphatic heterocycles. The Morgan fingerprint density at radius 2 is 2.28 bits per heavy atom. The van der Waals surface area contributed by atoms with Crippen LogP contribution in [-0.4, -0.2) is 38.9 Å². The van der Waals surface area contributed by atoms with Gasteiger partial charge < -0.3 is 5.32 Å². The molecular formula is C11H17ClN2O2S2. The molecule has 0 saturated carbocycles. The number of rotatable bonds is 3. The topological polar surface area (TPSA) is 49.4 Å². The molecule has 1 aromatic heterocycles. The van der Waals surface area contributed by atoms with Crippen molar-refractivity contribution in [2.45, 2.75) is 30.0 Å². The Balaban J connectivity index is 2.24. The van der Waals surface area contributed by atoms with E-state index in [4.69, 9.17) is 11.6 Å². The van der Waals surface area contributed by atoms with E-state index >= 15 is 0 Å². The zero-order valence-corrected chi connectivity index (χ0v) is 12.8. The Morgan fingerprint density at radius 1 is 1.56 bits per heavy atom. The molecule has 7 heteroatoms. The van der Waals surface area contributed by atoms with Crippen molar-refractivity contribution in [3.8, 4) is 0 Å². The predicted octanol–water partition coefficient (Wildman–Crippen LogP) is 2.08. The monoisotopic (exact) mass is 308 g/mol. The van der Waals surface area contributed by atoms with E-state index in [1.165, 1.54) is 4.31 Å². The van der Waals surface area contributed by atoms with Crippen LogP contribution in [0.25, 0.3) is 0 Å². The number of likely N-dealkylation sites (N-methyl/N-ethyl adjacent to an activating group) is 1. The smallest absolute Gasteiger partial charge is 0.252 e. The summed E-state index contributed by atoms with van der Waals surface area (Å²) in [5.74, 6) is 0. The van der Waals surface area contributed by atoms with Gasteiger partial charge in [0.2, 0.25) is 0 Å². The lowest BCUT2D eigenvalue weighted by atomic mass is 10.1. The molecule has 0 radical (unpaired) electrons. The van der Waals surface area contributed by atoms with Crippen LogP contribution in [0.15, 0.2) is 10.3 Å². The minimum atomic E-state index is -3.41. The number of hydrogen-bond acceptors (Lipinski definition) is 4. The van der Waals surface area contributed by atoms with E-state index in [1.54, 1.807) is 13.1 Å². The van der Waals surface area contributed by atoms with Crippen molar-refractivity contribution < 1.29 is 8.42 Å². The van der Waals surface area contributed by atoms with Gasteiger partial charge >= 0.3 is 0 Å². The number of piperidine rings is 1. The maximum atomic E-state index is 12.4. The van der Waals surface area contributed by atoms with Gasteiger partial charge in [-0.25, -0.2) is 8.42 Å². The third kappa shape index (κ3) is 2.72. The molecule has 1 unspecified atom stereocenters. The van der Waals surface area contributed by atoms with E-state index in [9.17, 15) is 8.42 Å². The van der Waals surface area contributed by atoms with Gasteiger partial charge in [-0.15, -0.1) is 11.3 Å². The zero-order chi connectivity index (χ0) is 13.3. The fourth-order valence-corrected chi connectivity index (χ4v) is 5.32. The lowest BCUT2D eigenvalue weighted by Gasteiger charge is -2.30. The highest BCUT2D eigenvalue weighted by Crippen LogP contribution is 2.32. The molecule has 18 heavy (non-hydrogen) atoms. The number of aryl methyl sites for hydroxylation is 1. The average Bonchev–Trinajstić information content (AvgIpc) is 2.70. The quantitative estimate of drug-likeness (QED) is 0.930. The maximum Gasteiger partial charge on any atom is 0.252 e. The summed E-state index contributed by atoms with van der Waals surface area (Å²) < 4.78 is 27.2. The van der Waals surface area contributed by atoms with Crippen LogP contribution in [-0.2, 0) is 10.0 Å². The third-order valence-corrected chi connectivity index (χ3v) is 7.17. The molecule has 2 rings (SSSR count). The fourth-order valence-electron chi connectivity index (χ4n) is 2.04. The van der Waals surface area contributed by atoms with Crippen LogP contribution >= 0.6 is 22.9 Å². The molecule has 1 fully saturated rings. The number of halogens is 1. The Hall–Kier alpha value is -0.140. The van der Waals surface area contributed by atoms with Crippen LogP contribution in [0.2, 0.25) is 4.34 Å². The third-order valence-electron chi connectivity index (χ3n) is 3.25. The largest absolute Gasteiger partial charge is 0.315 e. The van der Waals surface area contributed by atoms with Crippen molar-refractivity contribution in [3.63, 3.8) is 0 Å². The summed E-state index contributed by atoms with van der Waals surface area (Å²) in [6.07, 6.45) is 1.91. The Labute approximate surface area is 117 Å². The number of nitrogens with one attached hydrogen (secondary N) is 1. The zero-order valence-electron chi connectivity index (χ0n) is 10.4. The van der Waals surface area contributed by atoms with Gasteiger partial charge in [-0.05, 0) is 37.9 Å². The van der Waals surface area contributed by atoms with Crippen molar-refractivity contribution in [2.24, 2.45) is 0 Å². The van der Waals surface area contributed by atoms with Crippen LogP contribution in [0.3, 0.4) is 0 Å². The first-order valence-corrected chi connectivity index (χ1v) is 8.51. The lowest BCUT2D eigenvalue weighted by Crippen LogP contribution is -2.46. The van der Waals surface area contributed by atoms with Crippen molar-refractivity contribution in [1.82, 2.24) is 9.62 Å². The Kier molecular flexibility index (Phi) is 4.33. The van der Waals surface area contributed by atoms with Crippen LogP contribution in [0.4, 0.5) is 0 Å². The molecule has 0 spiro atoms. The fraction of sp³-hybridized carbons (Fsp3) is 0.636. The van der Waals surface area contributed by atoms with Crippen LogP contribution in [0.5, 0.6) is 0 Å². The second-order valence-electron chi connectivity index (χ2n) is 4.54. The van der Waals surface area contributed by atoms with Gasteiger partial charge in [0.05, 0.1) is 4.34 Å². The van der Waals surface area contributed by atoms with Gasteiger partial charge in [-0.2, -0.15) is 4.31 Å². The summed E-state index contributed by atoms with van der Waals surface area (Å²) in [7, 11) is -1.76. The highest BCUT2D eigenvalue weighted by molar-refractivity contribution is 7.91. The minimum Gasteiger partial charge on any atom is -0.315 e. The normalized spacial score (nSPS) is 21.4. The van der Waals surface area contributed by atoms with Crippen molar-refractivity contribution >= 4 is 33.0 Å². The molecule has 0 aliphatic carbocycles. The van der Waals surface area contributed by atoms with Crippen LogP contribution in [0, 0.1) is 6.92 Å². The Bertz CT molecular complexity index is 502. The molecule has 0 aromatic carbocycles. The maximum absolute atomic E-state index is 12.4. The predicted molar refractivity (Wildman–Crippen MR) is 74.9 cm³/mol. The first kappa shape index (κ1) is 14.3. The van der Waals surface area contributed by atoms with Gasteiger partial charge in [0.15, 0.2) is 0 Å². The SMILES string of the molecule is Cc1cc(S(=O)(=O)N(C)C2CCCNC2)sc1Cl.